The largest absolute Gasteiger partial charge is 0.456 e. The highest BCUT2D eigenvalue weighted by Crippen LogP contribution is 2.25. The molecule has 0 unspecified atom stereocenters. The topological polar surface area (TPSA) is 25.2 Å². The van der Waals surface area contributed by atoms with Gasteiger partial charge in [-0.3, -0.25) is 0 Å². The summed E-state index contributed by atoms with van der Waals surface area (Å²) in [5.41, 5.74) is 3.45. The number of aryl methyl sites for hydroxylation is 1. The lowest BCUT2D eigenvalue weighted by Gasteiger charge is -2.05. The number of allylic oxidation sites excluding steroid dienone is 1. The number of nitrogens with one attached hydrogen (secondary N) is 1. The molecule has 108 valence electrons. The van der Waals surface area contributed by atoms with E-state index in [0.717, 1.165) is 30.9 Å². The van der Waals surface area contributed by atoms with Crippen LogP contribution in [-0.2, 0) is 0 Å². The van der Waals surface area contributed by atoms with Gasteiger partial charge in [-0.05, 0) is 63.0 Å². The van der Waals surface area contributed by atoms with Gasteiger partial charge in [0, 0.05) is 5.39 Å². The number of furan rings is 1. The molecule has 0 atom stereocenters. The van der Waals surface area contributed by atoms with Crippen molar-refractivity contribution in [3.05, 3.63) is 41.7 Å². The molecule has 20 heavy (non-hydrogen) atoms. The van der Waals surface area contributed by atoms with Crippen molar-refractivity contribution >= 4 is 16.5 Å². The summed E-state index contributed by atoms with van der Waals surface area (Å²) < 4.78 is 5.89. The summed E-state index contributed by atoms with van der Waals surface area (Å²) in [6, 6.07) is 8.44. The van der Waals surface area contributed by atoms with E-state index in [4.69, 9.17) is 4.42 Å². The van der Waals surface area contributed by atoms with Crippen molar-refractivity contribution in [3.8, 4) is 0 Å². The normalized spacial score (nSPS) is 12.6. The van der Waals surface area contributed by atoms with Gasteiger partial charge in [0.2, 0.25) is 0 Å². The number of rotatable bonds is 6. The first-order chi connectivity index (χ1) is 9.56. The average Bonchev–Trinajstić information content (AvgIpc) is 2.80. The zero-order chi connectivity index (χ0) is 14.5. The van der Waals surface area contributed by atoms with Gasteiger partial charge in [0.25, 0.3) is 0 Å². The predicted octanol–water partition coefficient (Wildman–Crippen LogP) is 4.78. The molecule has 1 heterocycles. The number of hydrogen-bond acceptors (Lipinski definition) is 2. The Morgan fingerprint density at radius 2 is 2.10 bits per heavy atom. The van der Waals surface area contributed by atoms with E-state index in [1.54, 1.807) is 0 Å². The number of benzene rings is 1. The molecule has 0 aliphatic carbocycles. The minimum atomic E-state index is 0.707. The molecule has 0 fully saturated rings. The van der Waals surface area contributed by atoms with Crippen LogP contribution in [0.4, 0.5) is 0 Å². The Morgan fingerprint density at radius 3 is 2.85 bits per heavy atom. The zero-order valence-electron chi connectivity index (χ0n) is 13.0. The minimum Gasteiger partial charge on any atom is -0.456 e. The first-order valence-electron chi connectivity index (χ1n) is 7.44. The summed E-state index contributed by atoms with van der Waals surface area (Å²) in [6.45, 7) is 10.8. The summed E-state index contributed by atoms with van der Waals surface area (Å²) in [4.78, 5) is 0. The van der Waals surface area contributed by atoms with Gasteiger partial charge in [-0.25, -0.2) is 0 Å². The van der Waals surface area contributed by atoms with E-state index >= 15 is 0 Å². The Balaban J connectivity index is 1.98. The lowest BCUT2D eigenvalue weighted by Crippen LogP contribution is -2.20. The van der Waals surface area contributed by atoms with Crippen LogP contribution >= 0.6 is 0 Å². The van der Waals surface area contributed by atoms with Gasteiger partial charge in [-0.1, -0.05) is 31.6 Å². The highest BCUT2D eigenvalue weighted by molar-refractivity contribution is 5.82. The molecule has 0 bridgehead atoms. The molecule has 2 heteroatoms. The van der Waals surface area contributed by atoms with E-state index in [1.807, 2.05) is 6.07 Å². The fourth-order valence-electron chi connectivity index (χ4n) is 2.24. The van der Waals surface area contributed by atoms with Crippen molar-refractivity contribution in [2.75, 3.05) is 13.1 Å². The van der Waals surface area contributed by atoms with Crippen LogP contribution in [0.1, 0.15) is 38.5 Å². The molecule has 0 radical (unpaired) electrons. The minimum absolute atomic E-state index is 0.707. The van der Waals surface area contributed by atoms with Crippen molar-refractivity contribution in [1.29, 1.82) is 0 Å². The van der Waals surface area contributed by atoms with Crippen molar-refractivity contribution in [2.45, 2.75) is 34.1 Å². The van der Waals surface area contributed by atoms with Gasteiger partial charge in [-0.2, -0.15) is 0 Å². The summed E-state index contributed by atoms with van der Waals surface area (Å²) in [5.74, 6) is 1.69. The summed E-state index contributed by atoms with van der Waals surface area (Å²) in [6.07, 6.45) is 3.28. The zero-order valence-corrected chi connectivity index (χ0v) is 13.0. The third-order valence-corrected chi connectivity index (χ3v) is 3.38. The lowest BCUT2D eigenvalue weighted by molar-refractivity contribution is 0.556. The average molecular weight is 271 g/mol. The maximum Gasteiger partial charge on any atom is 0.134 e. The van der Waals surface area contributed by atoms with Crippen molar-refractivity contribution in [3.63, 3.8) is 0 Å². The SMILES string of the molecule is C/C(=C/CCNCC(C)C)c1cc2cc(C)ccc2o1. The van der Waals surface area contributed by atoms with Gasteiger partial charge >= 0.3 is 0 Å². The molecule has 0 aliphatic rings. The molecule has 2 nitrogen and oxygen atoms in total. The molecule has 0 saturated carbocycles. The van der Waals surface area contributed by atoms with Crippen molar-refractivity contribution in [1.82, 2.24) is 5.32 Å². The molecule has 1 aromatic carbocycles. The third-order valence-electron chi connectivity index (χ3n) is 3.38. The van der Waals surface area contributed by atoms with Gasteiger partial charge in [0.15, 0.2) is 0 Å². The first-order valence-corrected chi connectivity index (χ1v) is 7.44. The van der Waals surface area contributed by atoms with Crippen LogP contribution in [0.25, 0.3) is 16.5 Å². The molecular formula is C18H25NO. The molecule has 2 rings (SSSR count). The molecule has 0 amide bonds. The maximum absolute atomic E-state index is 5.89. The van der Waals surface area contributed by atoms with Crippen LogP contribution in [0, 0.1) is 12.8 Å². The second-order valence-electron chi connectivity index (χ2n) is 5.93. The Kier molecular flexibility index (Phi) is 5.02. The second kappa shape index (κ2) is 6.76. The molecule has 0 saturated heterocycles. The lowest BCUT2D eigenvalue weighted by atomic mass is 10.1. The molecule has 2 aromatic rings. The van der Waals surface area contributed by atoms with Crippen LogP contribution < -0.4 is 5.32 Å². The van der Waals surface area contributed by atoms with E-state index < -0.39 is 0 Å². The Bertz CT molecular complexity index is 592. The predicted molar refractivity (Wildman–Crippen MR) is 86.9 cm³/mol. The monoisotopic (exact) mass is 271 g/mol. The van der Waals surface area contributed by atoms with E-state index in [0.29, 0.717) is 5.92 Å². The van der Waals surface area contributed by atoms with Crippen LogP contribution in [-0.4, -0.2) is 13.1 Å². The van der Waals surface area contributed by atoms with E-state index in [1.165, 1.54) is 16.5 Å². The fourth-order valence-corrected chi connectivity index (χ4v) is 2.24. The first kappa shape index (κ1) is 14.9. The van der Waals surface area contributed by atoms with Crippen LogP contribution in [0.2, 0.25) is 0 Å². The Hall–Kier alpha value is -1.54. The Morgan fingerprint density at radius 1 is 1.30 bits per heavy atom. The van der Waals surface area contributed by atoms with E-state index in [2.05, 4.69) is 57.3 Å². The van der Waals surface area contributed by atoms with Gasteiger partial charge < -0.3 is 9.73 Å². The van der Waals surface area contributed by atoms with Crippen LogP contribution in [0.5, 0.6) is 0 Å². The molecule has 0 spiro atoms. The smallest absolute Gasteiger partial charge is 0.134 e. The van der Waals surface area contributed by atoms with Crippen molar-refractivity contribution in [2.24, 2.45) is 5.92 Å². The number of fused-ring (bicyclic) bond motifs is 1. The van der Waals surface area contributed by atoms with Crippen LogP contribution in [0.15, 0.2) is 34.8 Å². The standard InChI is InChI=1S/C18H25NO/c1-13(2)12-19-9-5-6-15(4)18-11-16-10-14(3)7-8-17(16)20-18/h6-8,10-11,13,19H,5,9,12H2,1-4H3/b15-6-. The highest BCUT2D eigenvalue weighted by atomic mass is 16.3. The van der Waals surface area contributed by atoms with E-state index in [9.17, 15) is 0 Å². The second-order valence-corrected chi connectivity index (χ2v) is 5.93. The maximum atomic E-state index is 5.89. The summed E-state index contributed by atoms with van der Waals surface area (Å²) >= 11 is 0. The van der Waals surface area contributed by atoms with Crippen LogP contribution in [0.3, 0.4) is 0 Å². The molecule has 1 aromatic heterocycles. The Labute approximate surface area is 121 Å². The van der Waals surface area contributed by atoms with Crippen molar-refractivity contribution < 1.29 is 4.42 Å². The highest BCUT2D eigenvalue weighted by Gasteiger charge is 2.05. The summed E-state index contributed by atoms with van der Waals surface area (Å²) in [5, 5.41) is 4.64. The van der Waals surface area contributed by atoms with Gasteiger partial charge in [-0.15, -0.1) is 0 Å². The molecular weight excluding hydrogens is 246 g/mol. The fraction of sp³-hybridized carbons (Fsp3) is 0.444. The summed E-state index contributed by atoms with van der Waals surface area (Å²) in [7, 11) is 0. The third kappa shape index (κ3) is 3.97. The number of hydrogen-bond donors (Lipinski definition) is 1. The quantitative estimate of drug-likeness (QED) is 0.765. The van der Waals surface area contributed by atoms with Gasteiger partial charge in [0.1, 0.15) is 11.3 Å². The van der Waals surface area contributed by atoms with E-state index in [-0.39, 0.29) is 0 Å². The van der Waals surface area contributed by atoms with Gasteiger partial charge in [0.05, 0.1) is 0 Å². The molecule has 0 aliphatic heterocycles. The molecule has 1 N–H and O–H groups in total.